The first-order valence-corrected chi connectivity index (χ1v) is 11.7. The molecule has 0 spiro atoms. The summed E-state index contributed by atoms with van der Waals surface area (Å²) in [4.78, 5) is 26.7. The molecule has 4 rings (SSSR count). The van der Waals surface area contributed by atoms with Gasteiger partial charge in [-0.1, -0.05) is 30.3 Å². The molecule has 7 heteroatoms. The van der Waals surface area contributed by atoms with Crippen molar-refractivity contribution in [3.8, 4) is 0 Å². The summed E-state index contributed by atoms with van der Waals surface area (Å²) in [6.07, 6.45) is 0. The van der Waals surface area contributed by atoms with E-state index in [1.165, 1.54) is 0 Å². The number of para-hydroxylation sites is 1. The minimum absolute atomic E-state index is 0.0696. The lowest BCUT2D eigenvalue weighted by Crippen LogP contribution is -2.30. The number of benzene rings is 3. The normalized spacial score (nSPS) is 11.2. The molecule has 0 atom stereocenters. The lowest BCUT2D eigenvalue weighted by Gasteiger charge is -2.19. The first kappa shape index (κ1) is 22.8. The fraction of sp³-hybridized carbons (Fsp3) is 0.231. The van der Waals surface area contributed by atoms with Crippen molar-refractivity contribution in [1.82, 2.24) is 4.90 Å². The predicted molar refractivity (Wildman–Crippen MR) is 138 cm³/mol. The van der Waals surface area contributed by atoms with Gasteiger partial charge < -0.3 is 20.6 Å². The minimum atomic E-state index is -0.938. The number of carboxylic acids is 1. The Kier molecular flexibility index (Phi) is 6.91. The van der Waals surface area contributed by atoms with E-state index >= 15 is 0 Å². The van der Waals surface area contributed by atoms with Gasteiger partial charge in [0.15, 0.2) is 5.43 Å². The molecule has 0 unspecified atom stereocenters. The number of carbonyl (C=O) groups is 1. The number of hydrogen-bond donors (Lipinski definition) is 3. The van der Waals surface area contributed by atoms with E-state index in [4.69, 9.17) is 0 Å². The van der Waals surface area contributed by atoms with E-state index in [2.05, 4.69) is 21.6 Å². The average Bonchev–Trinajstić information content (AvgIpc) is 2.81. The van der Waals surface area contributed by atoms with E-state index in [-0.39, 0.29) is 11.0 Å². The Hall–Kier alpha value is -3.42. The number of anilines is 2. The van der Waals surface area contributed by atoms with Crippen LogP contribution in [-0.4, -0.2) is 49.2 Å². The molecule has 1 aromatic heterocycles. The molecule has 3 aromatic carbocycles. The average molecular weight is 462 g/mol. The third-order valence-electron chi connectivity index (χ3n) is 5.70. The van der Waals surface area contributed by atoms with E-state index < -0.39 is 5.97 Å². The van der Waals surface area contributed by atoms with Crippen molar-refractivity contribution in [3.63, 3.8) is 0 Å². The summed E-state index contributed by atoms with van der Waals surface area (Å²) in [5, 5.41) is 17.5. The zero-order valence-corrected chi connectivity index (χ0v) is 19.5. The number of rotatable bonds is 9. The molecule has 0 saturated heterocycles. The Labute approximate surface area is 196 Å². The second-order valence-corrected chi connectivity index (χ2v) is 9.12. The van der Waals surface area contributed by atoms with Crippen LogP contribution in [0.15, 0.2) is 65.5 Å². The van der Waals surface area contributed by atoms with Crippen molar-refractivity contribution >= 4 is 48.9 Å². The molecule has 0 fully saturated rings. The molecule has 0 amide bonds. The van der Waals surface area contributed by atoms with Crippen LogP contribution in [0, 0.1) is 6.92 Å². The lowest BCUT2D eigenvalue weighted by atomic mass is 10.1. The van der Waals surface area contributed by atoms with Gasteiger partial charge in [0.1, 0.15) is 0 Å². The van der Waals surface area contributed by atoms with Gasteiger partial charge >= 0.3 is 5.97 Å². The lowest BCUT2D eigenvalue weighted by molar-refractivity contribution is 0.0698. The van der Waals surface area contributed by atoms with Gasteiger partial charge in [-0.25, -0.2) is 4.79 Å². The van der Waals surface area contributed by atoms with Gasteiger partial charge in [0.2, 0.25) is 0 Å². The van der Waals surface area contributed by atoms with Crippen LogP contribution in [0.4, 0.5) is 11.4 Å². The summed E-state index contributed by atoms with van der Waals surface area (Å²) in [6.45, 7) is 4.90. The van der Waals surface area contributed by atoms with Gasteiger partial charge in [0.05, 0.1) is 10.9 Å². The second kappa shape index (κ2) is 10.0. The first-order valence-electron chi connectivity index (χ1n) is 10.9. The monoisotopic (exact) mass is 461 g/mol. The molecule has 1 heterocycles. The number of aryl methyl sites for hydroxylation is 1. The van der Waals surface area contributed by atoms with Crippen LogP contribution in [0.3, 0.4) is 0 Å². The fourth-order valence-electron chi connectivity index (χ4n) is 3.88. The molecule has 170 valence electrons. The van der Waals surface area contributed by atoms with Crippen molar-refractivity contribution in [3.05, 3.63) is 82.0 Å². The highest BCUT2D eigenvalue weighted by molar-refractivity contribution is 7.24. The number of carboxylic acid groups (broad SMARTS) is 1. The van der Waals surface area contributed by atoms with Crippen LogP contribution in [0.1, 0.15) is 15.9 Å². The molecule has 0 aliphatic carbocycles. The Morgan fingerprint density at radius 3 is 2.36 bits per heavy atom. The van der Waals surface area contributed by atoms with Gasteiger partial charge in [0.25, 0.3) is 0 Å². The number of fused-ring (bicyclic) bond motifs is 2. The number of hydrogen-bond acceptors (Lipinski definition) is 6. The summed E-state index contributed by atoms with van der Waals surface area (Å²) in [6, 6.07) is 18.7. The Morgan fingerprint density at radius 1 is 0.939 bits per heavy atom. The molecule has 33 heavy (non-hydrogen) atoms. The van der Waals surface area contributed by atoms with E-state index in [1.54, 1.807) is 29.5 Å². The van der Waals surface area contributed by atoms with Crippen LogP contribution in [0.25, 0.3) is 20.2 Å². The number of likely N-dealkylation sites (N-methyl/N-ethyl adjacent to an activating group) is 1. The highest BCUT2D eigenvalue weighted by atomic mass is 32.1. The third-order valence-corrected chi connectivity index (χ3v) is 7.01. The predicted octanol–water partition coefficient (Wildman–Crippen LogP) is 4.88. The second-order valence-electron chi connectivity index (χ2n) is 8.07. The molecule has 3 N–H and O–H groups in total. The molecule has 4 aromatic rings. The zero-order valence-electron chi connectivity index (χ0n) is 18.7. The minimum Gasteiger partial charge on any atom is -0.478 e. The molecule has 0 aliphatic rings. The third kappa shape index (κ3) is 4.99. The van der Waals surface area contributed by atoms with Gasteiger partial charge in [-0.3, -0.25) is 4.79 Å². The van der Waals surface area contributed by atoms with Gasteiger partial charge in [-0.2, -0.15) is 0 Å². The zero-order chi connectivity index (χ0) is 23.4. The van der Waals surface area contributed by atoms with Crippen molar-refractivity contribution in [2.45, 2.75) is 6.92 Å². The van der Waals surface area contributed by atoms with E-state index in [0.29, 0.717) is 18.8 Å². The summed E-state index contributed by atoms with van der Waals surface area (Å²) in [5.41, 5.74) is 2.94. The van der Waals surface area contributed by atoms with Crippen molar-refractivity contribution in [1.29, 1.82) is 0 Å². The summed E-state index contributed by atoms with van der Waals surface area (Å²) < 4.78 is 2.03. The maximum atomic E-state index is 13.2. The molecule has 0 aliphatic heterocycles. The van der Waals surface area contributed by atoms with E-state index in [9.17, 15) is 14.7 Å². The van der Waals surface area contributed by atoms with Gasteiger partial charge in [-0.15, -0.1) is 11.3 Å². The highest BCUT2D eigenvalue weighted by Crippen LogP contribution is 2.31. The number of aromatic carboxylic acids is 1. The molecular formula is C26H27N3O3S. The topological polar surface area (TPSA) is 81.7 Å². The molecule has 0 radical (unpaired) electrons. The van der Waals surface area contributed by atoms with Crippen molar-refractivity contribution in [2.24, 2.45) is 0 Å². The number of nitrogens with zero attached hydrogens (tertiary/aromatic N) is 1. The van der Waals surface area contributed by atoms with Crippen LogP contribution < -0.4 is 16.1 Å². The maximum absolute atomic E-state index is 13.2. The maximum Gasteiger partial charge on any atom is 0.337 e. The van der Waals surface area contributed by atoms with Crippen LogP contribution in [0.2, 0.25) is 0 Å². The summed E-state index contributed by atoms with van der Waals surface area (Å²) in [5.74, 6) is -0.938. The van der Waals surface area contributed by atoms with E-state index in [0.717, 1.165) is 44.5 Å². The standard InChI is InChI=1S/C26H27N3O3S/c1-17-11-12-21(23-24(30)19-8-4-6-10-22(19)33-25(17)23)28-14-16-29(2)15-13-27-20-9-5-3-7-18(20)26(31)32/h3-12,27-28H,13-16H2,1-2H3,(H,31,32). The first-order chi connectivity index (χ1) is 16.0. The summed E-state index contributed by atoms with van der Waals surface area (Å²) in [7, 11) is 2.02. The van der Waals surface area contributed by atoms with Crippen molar-refractivity contribution in [2.75, 3.05) is 43.9 Å². The smallest absolute Gasteiger partial charge is 0.337 e. The Balaban J connectivity index is 1.39. The van der Waals surface area contributed by atoms with Crippen molar-refractivity contribution < 1.29 is 9.90 Å². The SMILES string of the molecule is Cc1ccc(NCCN(C)CCNc2ccccc2C(=O)O)c2c(=O)c3ccccc3sc12. The molecular weight excluding hydrogens is 434 g/mol. The molecule has 6 nitrogen and oxygen atoms in total. The fourth-order valence-corrected chi connectivity index (χ4v) is 5.05. The number of nitrogens with one attached hydrogen (secondary N) is 2. The summed E-state index contributed by atoms with van der Waals surface area (Å²) >= 11 is 1.66. The Bertz CT molecular complexity index is 1370. The van der Waals surface area contributed by atoms with Gasteiger partial charge in [-0.05, 0) is 49.9 Å². The molecule has 0 saturated carbocycles. The quantitative estimate of drug-likeness (QED) is 0.308. The highest BCUT2D eigenvalue weighted by Gasteiger charge is 2.12. The van der Waals surface area contributed by atoms with Gasteiger partial charge in [0, 0.05) is 52.3 Å². The molecule has 0 bridgehead atoms. The van der Waals surface area contributed by atoms with Crippen LogP contribution >= 0.6 is 11.3 Å². The largest absolute Gasteiger partial charge is 0.478 e. The van der Waals surface area contributed by atoms with E-state index in [1.807, 2.05) is 50.4 Å². The Morgan fingerprint density at radius 2 is 1.61 bits per heavy atom. The van der Waals surface area contributed by atoms with Crippen LogP contribution in [0.5, 0.6) is 0 Å². The van der Waals surface area contributed by atoms with Crippen LogP contribution in [-0.2, 0) is 0 Å².